The topological polar surface area (TPSA) is 84.4 Å². The van der Waals surface area contributed by atoms with Crippen molar-refractivity contribution < 1.29 is 19.4 Å². The minimum atomic E-state index is -1.06. The molecule has 18 heavy (non-hydrogen) atoms. The van der Waals surface area contributed by atoms with Gasteiger partial charge in [-0.25, -0.2) is 4.79 Å². The van der Waals surface area contributed by atoms with E-state index in [9.17, 15) is 4.79 Å². The number of rotatable bonds is 5. The molecule has 0 spiro atoms. The van der Waals surface area contributed by atoms with Crippen molar-refractivity contribution in [2.45, 2.75) is 6.61 Å². The highest BCUT2D eigenvalue weighted by Gasteiger charge is 2.12. The van der Waals surface area contributed by atoms with Gasteiger partial charge in [-0.15, -0.1) is 0 Å². The van der Waals surface area contributed by atoms with E-state index >= 15 is 0 Å². The molecule has 0 aliphatic carbocycles. The largest absolute Gasteiger partial charge is 0.497 e. The lowest BCUT2D eigenvalue weighted by Crippen LogP contribution is -2.04. The van der Waals surface area contributed by atoms with Crippen LogP contribution in [0.1, 0.15) is 16.1 Å². The predicted molar refractivity (Wildman–Crippen MR) is 62.9 cm³/mol. The van der Waals surface area contributed by atoms with Crippen LogP contribution >= 0.6 is 0 Å². The molecule has 1 aromatic heterocycles. The van der Waals surface area contributed by atoms with Crippen LogP contribution in [0.4, 0.5) is 0 Å². The van der Waals surface area contributed by atoms with E-state index in [0.29, 0.717) is 17.1 Å². The second kappa shape index (κ2) is 5.22. The molecule has 6 nitrogen and oxygen atoms in total. The maximum atomic E-state index is 10.8. The van der Waals surface area contributed by atoms with Gasteiger partial charge in [-0.2, -0.15) is 5.10 Å². The van der Waals surface area contributed by atoms with Gasteiger partial charge in [0.05, 0.1) is 13.3 Å². The molecule has 2 aromatic rings. The molecule has 94 valence electrons. The van der Waals surface area contributed by atoms with Gasteiger partial charge in [0.15, 0.2) is 0 Å². The number of benzene rings is 1. The highest BCUT2D eigenvalue weighted by atomic mass is 16.5. The van der Waals surface area contributed by atoms with Gasteiger partial charge < -0.3 is 14.6 Å². The van der Waals surface area contributed by atoms with Gasteiger partial charge in [0.1, 0.15) is 23.8 Å². The lowest BCUT2D eigenvalue weighted by molar-refractivity contribution is 0.0687. The van der Waals surface area contributed by atoms with E-state index in [1.54, 1.807) is 31.4 Å². The van der Waals surface area contributed by atoms with Gasteiger partial charge in [-0.05, 0) is 12.1 Å². The van der Waals surface area contributed by atoms with Crippen LogP contribution in [-0.4, -0.2) is 28.4 Å². The molecule has 0 saturated heterocycles. The summed E-state index contributed by atoms with van der Waals surface area (Å²) in [5.41, 5.74) is 0.531. The molecule has 0 fully saturated rings. The maximum absolute atomic E-state index is 10.8. The van der Waals surface area contributed by atoms with Gasteiger partial charge in [0, 0.05) is 11.6 Å². The van der Waals surface area contributed by atoms with E-state index in [2.05, 4.69) is 10.2 Å². The number of carbonyl (C=O) groups is 1. The Hall–Kier alpha value is -2.50. The van der Waals surface area contributed by atoms with E-state index in [4.69, 9.17) is 14.6 Å². The summed E-state index contributed by atoms with van der Waals surface area (Å²) in [6.45, 7) is 0.130. The molecule has 0 saturated carbocycles. The molecule has 1 heterocycles. The number of hydrogen-bond donors (Lipinski definition) is 2. The monoisotopic (exact) mass is 248 g/mol. The van der Waals surface area contributed by atoms with Crippen LogP contribution in [0.25, 0.3) is 0 Å². The Morgan fingerprint density at radius 2 is 2.22 bits per heavy atom. The number of methoxy groups -OCH3 is 1. The van der Waals surface area contributed by atoms with Crippen molar-refractivity contribution in [3.8, 4) is 11.5 Å². The molecule has 2 rings (SSSR count). The van der Waals surface area contributed by atoms with Crippen LogP contribution < -0.4 is 9.47 Å². The summed E-state index contributed by atoms with van der Waals surface area (Å²) in [4.78, 5) is 10.8. The van der Waals surface area contributed by atoms with Crippen LogP contribution in [0.15, 0.2) is 30.5 Å². The third-order valence-electron chi connectivity index (χ3n) is 2.37. The summed E-state index contributed by atoms with van der Waals surface area (Å²) >= 11 is 0. The highest BCUT2D eigenvalue weighted by Crippen LogP contribution is 2.20. The average molecular weight is 248 g/mol. The first-order chi connectivity index (χ1) is 8.70. The Morgan fingerprint density at radius 3 is 2.94 bits per heavy atom. The molecule has 0 aliphatic rings. The summed E-state index contributed by atoms with van der Waals surface area (Å²) in [5, 5.41) is 15.0. The van der Waals surface area contributed by atoms with E-state index in [0.717, 1.165) is 0 Å². The summed E-state index contributed by atoms with van der Waals surface area (Å²) in [7, 11) is 1.57. The molecule has 0 aliphatic heterocycles. The molecule has 0 bridgehead atoms. The van der Waals surface area contributed by atoms with Gasteiger partial charge in [0.2, 0.25) is 0 Å². The summed E-state index contributed by atoms with van der Waals surface area (Å²) in [6.07, 6.45) is 1.43. The predicted octanol–water partition coefficient (Wildman–Crippen LogP) is 1.70. The van der Waals surface area contributed by atoms with Gasteiger partial charge in [-0.3, -0.25) is 5.10 Å². The van der Waals surface area contributed by atoms with E-state index < -0.39 is 5.97 Å². The minimum Gasteiger partial charge on any atom is -0.497 e. The minimum absolute atomic E-state index is 0.0397. The Morgan fingerprint density at radius 1 is 1.44 bits per heavy atom. The second-order valence-corrected chi connectivity index (χ2v) is 3.54. The van der Waals surface area contributed by atoms with E-state index in [-0.39, 0.29) is 12.3 Å². The average Bonchev–Trinajstić information content (AvgIpc) is 2.85. The molecule has 0 radical (unpaired) electrons. The summed E-state index contributed by atoms with van der Waals surface area (Å²) < 4.78 is 10.5. The van der Waals surface area contributed by atoms with Crippen LogP contribution in [0, 0.1) is 0 Å². The number of aromatic nitrogens is 2. The molecule has 0 amide bonds. The lowest BCUT2D eigenvalue weighted by atomic mass is 10.2. The number of nitrogens with one attached hydrogen (secondary N) is 1. The van der Waals surface area contributed by atoms with Crippen LogP contribution in [-0.2, 0) is 6.61 Å². The number of hydrogen-bond acceptors (Lipinski definition) is 4. The fourth-order valence-corrected chi connectivity index (χ4v) is 1.46. The molecular weight excluding hydrogens is 236 g/mol. The quantitative estimate of drug-likeness (QED) is 0.841. The van der Waals surface area contributed by atoms with Crippen molar-refractivity contribution in [2.75, 3.05) is 7.11 Å². The molecule has 2 N–H and O–H groups in total. The van der Waals surface area contributed by atoms with Gasteiger partial charge in [0.25, 0.3) is 0 Å². The highest BCUT2D eigenvalue weighted by molar-refractivity contribution is 5.86. The smallest absolute Gasteiger partial charge is 0.354 e. The lowest BCUT2D eigenvalue weighted by Gasteiger charge is -2.06. The van der Waals surface area contributed by atoms with E-state index in [1.807, 2.05) is 0 Å². The Bertz CT molecular complexity index is 551. The third kappa shape index (κ3) is 2.60. The zero-order valence-corrected chi connectivity index (χ0v) is 9.71. The molecule has 1 aromatic carbocycles. The van der Waals surface area contributed by atoms with Crippen molar-refractivity contribution in [3.05, 3.63) is 41.7 Å². The van der Waals surface area contributed by atoms with E-state index in [1.165, 1.54) is 6.20 Å². The van der Waals surface area contributed by atoms with Gasteiger partial charge >= 0.3 is 5.97 Å². The standard InChI is InChI=1S/C12H12N2O4/c1-17-9-3-2-4-10(5-9)18-7-8-6-13-14-11(8)12(15)16/h2-6H,7H2,1H3,(H,13,14)(H,15,16). The SMILES string of the molecule is COc1cccc(OCc2cn[nH]c2C(=O)O)c1. The Kier molecular flexibility index (Phi) is 3.47. The first-order valence-electron chi connectivity index (χ1n) is 5.23. The molecule has 0 atom stereocenters. The number of aromatic amines is 1. The van der Waals surface area contributed by atoms with Crippen LogP contribution in [0.3, 0.4) is 0 Å². The van der Waals surface area contributed by atoms with Crippen molar-refractivity contribution in [1.82, 2.24) is 10.2 Å². The first kappa shape index (κ1) is 12.0. The summed E-state index contributed by atoms with van der Waals surface area (Å²) in [5.74, 6) is 0.224. The van der Waals surface area contributed by atoms with Crippen LogP contribution in [0.5, 0.6) is 11.5 Å². The number of ether oxygens (including phenoxy) is 2. The zero-order valence-electron chi connectivity index (χ0n) is 9.71. The van der Waals surface area contributed by atoms with Crippen molar-refractivity contribution in [3.63, 3.8) is 0 Å². The summed E-state index contributed by atoms with van der Waals surface area (Å²) in [6, 6.07) is 7.08. The number of carboxylic acids is 1. The Balaban J connectivity index is 2.06. The van der Waals surface area contributed by atoms with Crippen molar-refractivity contribution >= 4 is 5.97 Å². The maximum Gasteiger partial charge on any atom is 0.354 e. The van der Waals surface area contributed by atoms with Crippen molar-refractivity contribution in [1.29, 1.82) is 0 Å². The fourth-order valence-electron chi connectivity index (χ4n) is 1.46. The number of carboxylic acid groups (broad SMARTS) is 1. The van der Waals surface area contributed by atoms with Crippen molar-refractivity contribution in [2.24, 2.45) is 0 Å². The van der Waals surface area contributed by atoms with Crippen LogP contribution in [0.2, 0.25) is 0 Å². The second-order valence-electron chi connectivity index (χ2n) is 3.54. The van der Waals surface area contributed by atoms with Gasteiger partial charge in [-0.1, -0.05) is 6.07 Å². The molecular formula is C12H12N2O4. The number of aromatic carboxylic acids is 1. The molecule has 6 heteroatoms. The number of H-pyrrole nitrogens is 1. The zero-order chi connectivity index (χ0) is 13.0. The third-order valence-corrected chi connectivity index (χ3v) is 2.37. The number of nitrogens with zero attached hydrogens (tertiary/aromatic N) is 1. The normalized spacial score (nSPS) is 10.1. The Labute approximate surface area is 103 Å². The fraction of sp³-hybridized carbons (Fsp3) is 0.167. The first-order valence-corrected chi connectivity index (χ1v) is 5.23. The molecule has 0 unspecified atom stereocenters.